The molecule has 2 N–H and O–H groups in total. The van der Waals surface area contributed by atoms with Crippen LogP contribution in [0.25, 0.3) is 11.1 Å². The van der Waals surface area contributed by atoms with E-state index < -0.39 is 0 Å². The van der Waals surface area contributed by atoms with E-state index in [9.17, 15) is 4.79 Å². The number of aromatic nitrogens is 3. The van der Waals surface area contributed by atoms with Crippen molar-refractivity contribution in [1.29, 1.82) is 5.26 Å². The van der Waals surface area contributed by atoms with E-state index in [2.05, 4.69) is 26.8 Å². The summed E-state index contributed by atoms with van der Waals surface area (Å²) in [5, 5.41) is 19.6. The molecule has 35 heavy (non-hydrogen) atoms. The van der Waals surface area contributed by atoms with Gasteiger partial charge in [-0.25, -0.2) is 4.98 Å². The standard InChI is InChI=1S/C28H28N6O/c1-20-14-21(15-29)8-9-22(20)12-13-30-18-26(23-6-4-3-5-7-23)28(35)33-27-11-10-24(16-31-27)25-17-32-34(2)19-25/h3-11,14,16-17,19,26,30H,12-13,18H2,1-2H3,(H,31,33,35). The van der Waals surface area contributed by atoms with Crippen molar-refractivity contribution in [2.75, 3.05) is 18.4 Å². The molecule has 2 heterocycles. The Hall–Kier alpha value is -4.28. The molecule has 1 unspecified atom stereocenters. The average Bonchev–Trinajstić information content (AvgIpc) is 3.32. The Kier molecular flexibility index (Phi) is 7.66. The molecule has 0 aliphatic carbocycles. The number of nitrogens with zero attached hydrogens (tertiary/aromatic N) is 4. The molecule has 176 valence electrons. The molecule has 0 saturated carbocycles. The number of aryl methyl sites for hydroxylation is 2. The zero-order chi connectivity index (χ0) is 24.6. The number of pyridine rings is 1. The summed E-state index contributed by atoms with van der Waals surface area (Å²) in [6, 6.07) is 21.4. The van der Waals surface area contributed by atoms with Crippen LogP contribution in [0, 0.1) is 18.3 Å². The fourth-order valence-electron chi connectivity index (χ4n) is 3.98. The number of anilines is 1. The summed E-state index contributed by atoms with van der Waals surface area (Å²) in [5.41, 5.74) is 5.82. The lowest BCUT2D eigenvalue weighted by atomic mass is 9.97. The number of rotatable bonds is 9. The van der Waals surface area contributed by atoms with Gasteiger partial charge in [0.1, 0.15) is 5.82 Å². The molecule has 7 nitrogen and oxygen atoms in total. The maximum Gasteiger partial charge on any atom is 0.234 e. The molecule has 0 aliphatic rings. The van der Waals surface area contributed by atoms with Crippen molar-refractivity contribution in [2.45, 2.75) is 19.3 Å². The van der Waals surface area contributed by atoms with Gasteiger partial charge in [0.25, 0.3) is 0 Å². The number of nitriles is 1. The van der Waals surface area contributed by atoms with Gasteiger partial charge < -0.3 is 10.6 Å². The highest BCUT2D eigenvalue weighted by Gasteiger charge is 2.21. The molecular formula is C28H28N6O. The quantitative estimate of drug-likeness (QED) is 0.362. The Labute approximate surface area is 205 Å². The van der Waals surface area contributed by atoms with Crippen molar-refractivity contribution < 1.29 is 4.79 Å². The number of hydrogen-bond donors (Lipinski definition) is 2. The van der Waals surface area contributed by atoms with Gasteiger partial charge in [-0.2, -0.15) is 10.4 Å². The second-order valence-corrected chi connectivity index (χ2v) is 8.49. The zero-order valence-corrected chi connectivity index (χ0v) is 19.9. The van der Waals surface area contributed by atoms with Crippen molar-refractivity contribution in [3.63, 3.8) is 0 Å². The average molecular weight is 465 g/mol. The minimum absolute atomic E-state index is 0.111. The summed E-state index contributed by atoms with van der Waals surface area (Å²) in [6.45, 7) is 3.24. The van der Waals surface area contributed by atoms with Gasteiger partial charge in [-0.05, 0) is 60.8 Å². The van der Waals surface area contributed by atoms with E-state index in [4.69, 9.17) is 5.26 Å². The summed E-state index contributed by atoms with van der Waals surface area (Å²) < 4.78 is 1.74. The molecule has 7 heteroatoms. The number of amides is 1. The van der Waals surface area contributed by atoms with Crippen molar-refractivity contribution in [2.24, 2.45) is 7.05 Å². The molecule has 0 radical (unpaired) electrons. The number of nitrogens with one attached hydrogen (secondary N) is 2. The van der Waals surface area contributed by atoms with Crippen LogP contribution in [0.5, 0.6) is 0 Å². The van der Waals surface area contributed by atoms with Crippen LogP contribution in [0.15, 0.2) is 79.3 Å². The van der Waals surface area contributed by atoms with Crippen molar-refractivity contribution >= 4 is 11.7 Å². The first-order valence-electron chi connectivity index (χ1n) is 11.5. The Bertz CT molecular complexity index is 1320. The highest BCUT2D eigenvalue weighted by atomic mass is 16.2. The molecular weight excluding hydrogens is 436 g/mol. The SMILES string of the molecule is Cc1cc(C#N)ccc1CCNCC(C(=O)Nc1ccc(-c2cnn(C)c2)cn1)c1ccccc1. The largest absolute Gasteiger partial charge is 0.315 e. The smallest absolute Gasteiger partial charge is 0.234 e. The molecule has 0 saturated heterocycles. The molecule has 2 aromatic heterocycles. The fraction of sp³-hybridized carbons (Fsp3) is 0.214. The number of hydrogen-bond acceptors (Lipinski definition) is 5. The third-order valence-corrected chi connectivity index (χ3v) is 5.96. The van der Waals surface area contributed by atoms with E-state index in [1.54, 1.807) is 17.1 Å². The van der Waals surface area contributed by atoms with Gasteiger partial charge >= 0.3 is 0 Å². The predicted octanol–water partition coefficient (Wildman–Crippen LogP) is 4.22. The Balaban J connectivity index is 1.39. The van der Waals surface area contributed by atoms with E-state index in [0.29, 0.717) is 17.9 Å². The van der Waals surface area contributed by atoms with Crippen LogP contribution in [0.2, 0.25) is 0 Å². The topological polar surface area (TPSA) is 95.6 Å². The maximum absolute atomic E-state index is 13.2. The van der Waals surface area contributed by atoms with Gasteiger partial charge in [-0.15, -0.1) is 0 Å². The minimum Gasteiger partial charge on any atom is -0.315 e. The summed E-state index contributed by atoms with van der Waals surface area (Å²) in [7, 11) is 1.87. The van der Waals surface area contributed by atoms with Crippen molar-refractivity contribution in [1.82, 2.24) is 20.1 Å². The zero-order valence-electron chi connectivity index (χ0n) is 19.9. The van der Waals surface area contributed by atoms with Crippen molar-refractivity contribution in [3.8, 4) is 17.2 Å². The minimum atomic E-state index is -0.363. The predicted molar refractivity (Wildman–Crippen MR) is 137 cm³/mol. The van der Waals surface area contributed by atoms with Crippen LogP contribution < -0.4 is 10.6 Å². The van der Waals surface area contributed by atoms with Crippen LogP contribution in [0.1, 0.15) is 28.2 Å². The normalized spacial score (nSPS) is 11.6. The van der Waals surface area contributed by atoms with Crippen LogP contribution in [0.3, 0.4) is 0 Å². The molecule has 1 atom stereocenters. The first-order valence-corrected chi connectivity index (χ1v) is 11.5. The van der Waals surface area contributed by atoms with Gasteiger partial charge in [0, 0.05) is 37.1 Å². The van der Waals surface area contributed by atoms with Crippen LogP contribution in [-0.2, 0) is 18.3 Å². The Morgan fingerprint density at radius 1 is 1.09 bits per heavy atom. The fourth-order valence-corrected chi connectivity index (χ4v) is 3.98. The second-order valence-electron chi connectivity index (χ2n) is 8.49. The van der Waals surface area contributed by atoms with Crippen LogP contribution in [0.4, 0.5) is 5.82 Å². The third-order valence-electron chi connectivity index (χ3n) is 5.96. The van der Waals surface area contributed by atoms with E-state index >= 15 is 0 Å². The lowest BCUT2D eigenvalue weighted by Crippen LogP contribution is -2.32. The van der Waals surface area contributed by atoms with Gasteiger partial charge in [0.05, 0.1) is 23.7 Å². The summed E-state index contributed by atoms with van der Waals surface area (Å²) in [6.07, 6.45) is 6.26. The second kappa shape index (κ2) is 11.2. The first-order chi connectivity index (χ1) is 17.0. The summed E-state index contributed by atoms with van der Waals surface area (Å²) in [5.74, 6) is 0.0368. The van der Waals surface area contributed by atoms with Gasteiger partial charge in [0.15, 0.2) is 0 Å². The first kappa shape index (κ1) is 23.9. The number of benzene rings is 2. The van der Waals surface area contributed by atoms with Gasteiger partial charge in [-0.3, -0.25) is 9.48 Å². The monoisotopic (exact) mass is 464 g/mol. The molecule has 0 fully saturated rings. The molecule has 0 spiro atoms. The molecule has 4 rings (SSSR count). The van der Waals surface area contributed by atoms with E-state index in [1.807, 2.05) is 80.8 Å². The molecule has 4 aromatic rings. The van der Waals surface area contributed by atoms with Crippen LogP contribution >= 0.6 is 0 Å². The number of carbonyl (C=O) groups is 1. The number of carbonyl (C=O) groups excluding carboxylic acids is 1. The highest BCUT2D eigenvalue weighted by molar-refractivity contribution is 5.95. The van der Waals surface area contributed by atoms with E-state index in [1.165, 1.54) is 5.56 Å². The lowest BCUT2D eigenvalue weighted by molar-refractivity contribution is -0.117. The van der Waals surface area contributed by atoms with E-state index in [0.717, 1.165) is 35.2 Å². The Morgan fingerprint density at radius 2 is 1.91 bits per heavy atom. The molecule has 0 aliphatic heterocycles. The van der Waals surface area contributed by atoms with Gasteiger partial charge in [-0.1, -0.05) is 36.4 Å². The molecule has 2 aromatic carbocycles. The Morgan fingerprint density at radius 3 is 2.57 bits per heavy atom. The third kappa shape index (κ3) is 6.19. The summed E-state index contributed by atoms with van der Waals surface area (Å²) >= 11 is 0. The van der Waals surface area contributed by atoms with Crippen LogP contribution in [-0.4, -0.2) is 33.8 Å². The van der Waals surface area contributed by atoms with Crippen molar-refractivity contribution in [3.05, 3.63) is 102 Å². The highest BCUT2D eigenvalue weighted by Crippen LogP contribution is 2.21. The summed E-state index contributed by atoms with van der Waals surface area (Å²) in [4.78, 5) is 17.7. The van der Waals surface area contributed by atoms with Gasteiger partial charge in [0.2, 0.25) is 5.91 Å². The molecule has 1 amide bonds. The maximum atomic E-state index is 13.2. The molecule has 0 bridgehead atoms. The lowest BCUT2D eigenvalue weighted by Gasteiger charge is -2.18. The van der Waals surface area contributed by atoms with E-state index in [-0.39, 0.29) is 11.8 Å².